The molecule has 3 heterocycles. The van der Waals surface area contributed by atoms with Crippen LogP contribution in [0.25, 0.3) is 10.8 Å². The number of hydrogen-bond donors (Lipinski definition) is 3. The standard InChI is InChI=1S/C29H39BN4O7/c1-29(2,3)24(33-28(37)41-19-9-5-6-10-19)27(36)34-17-20(16-22(34)25(35)32-23-13-15-39-30(23)38)40-26-21-11-7-4-8-18(21)12-14-31-26/h4,7-8,11-12,14,19-20,22-24,38H,5-6,9-10,13,15-17H2,1-3H3,(H,32,35)(H,33,37)/t20-,22+,23+,24+/m1/s1. The Balaban J connectivity index is 1.37. The first-order chi connectivity index (χ1) is 19.6. The summed E-state index contributed by atoms with van der Waals surface area (Å²) in [6.45, 7) is 6.03. The summed E-state index contributed by atoms with van der Waals surface area (Å²) in [7, 11) is -1.11. The fourth-order valence-electron chi connectivity index (χ4n) is 5.84. The van der Waals surface area contributed by atoms with Crippen LogP contribution in [0.3, 0.4) is 0 Å². The van der Waals surface area contributed by atoms with Gasteiger partial charge in [0.05, 0.1) is 12.5 Å². The molecule has 1 aromatic carbocycles. The van der Waals surface area contributed by atoms with E-state index in [9.17, 15) is 19.4 Å². The second-order valence-electron chi connectivity index (χ2n) is 12.2. The summed E-state index contributed by atoms with van der Waals surface area (Å²) < 4.78 is 17.1. The number of nitrogens with one attached hydrogen (secondary N) is 2. The number of nitrogens with zero attached hydrogens (tertiary/aromatic N) is 2. The zero-order valence-corrected chi connectivity index (χ0v) is 23.9. The van der Waals surface area contributed by atoms with Gasteiger partial charge in [-0.15, -0.1) is 0 Å². The number of amides is 3. The van der Waals surface area contributed by atoms with Crippen LogP contribution >= 0.6 is 0 Å². The number of carbonyl (C=O) groups excluding carboxylic acids is 3. The largest absolute Gasteiger partial charge is 0.478 e. The molecule has 2 saturated heterocycles. The highest BCUT2D eigenvalue weighted by atomic mass is 16.6. The topological polar surface area (TPSA) is 139 Å². The molecular weight excluding hydrogens is 527 g/mol. The number of likely N-dealkylation sites (tertiary alicyclic amines) is 1. The van der Waals surface area contributed by atoms with Crippen LogP contribution in [0.4, 0.5) is 4.79 Å². The molecule has 1 aliphatic carbocycles. The van der Waals surface area contributed by atoms with Gasteiger partial charge in [0.25, 0.3) is 0 Å². The highest BCUT2D eigenvalue weighted by Gasteiger charge is 2.47. The van der Waals surface area contributed by atoms with Crippen molar-refractivity contribution in [2.45, 2.75) is 89.5 Å². The molecule has 2 aromatic rings. The molecule has 3 N–H and O–H groups in total. The highest BCUT2D eigenvalue weighted by molar-refractivity contribution is 6.46. The first kappa shape index (κ1) is 29.1. The molecule has 1 aromatic heterocycles. The Hall–Kier alpha value is -3.38. The van der Waals surface area contributed by atoms with E-state index in [0.29, 0.717) is 18.9 Å². The summed E-state index contributed by atoms with van der Waals surface area (Å²) in [6.07, 6.45) is 4.69. The maximum Gasteiger partial charge on any atom is 0.478 e. The van der Waals surface area contributed by atoms with Gasteiger partial charge in [0, 0.05) is 24.6 Å². The smallest absolute Gasteiger partial charge is 0.472 e. The van der Waals surface area contributed by atoms with Gasteiger partial charge in [-0.25, -0.2) is 9.78 Å². The minimum atomic E-state index is -1.11. The predicted molar refractivity (Wildman–Crippen MR) is 152 cm³/mol. The Morgan fingerprint density at radius 3 is 2.59 bits per heavy atom. The third-order valence-corrected chi connectivity index (χ3v) is 8.10. The molecule has 5 rings (SSSR count). The summed E-state index contributed by atoms with van der Waals surface area (Å²) in [4.78, 5) is 46.4. The van der Waals surface area contributed by atoms with Gasteiger partial charge >= 0.3 is 13.2 Å². The summed E-state index contributed by atoms with van der Waals surface area (Å²) in [5, 5.41) is 17.5. The van der Waals surface area contributed by atoms with E-state index >= 15 is 0 Å². The molecule has 0 bridgehead atoms. The van der Waals surface area contributed by atoms with Crippen LogP contribution in [-0.2, 0) is 19.0 Å². The van der Waals surface area contributed by atoms with Crippen molar-refractivity contribution in [3.8, 4) is 5.88 Å². The van der Waals surface area contributed by atoms with E-state index < -0.39 is 54.6 Å². The molecule has 0 unspecified atom stereocenters. The fraction of sp³-hybridized carbons (Fsp3) is 0.586. The van der Waals surface area contributed by atoms with Gasteiger partial charge in [-0.05, 0) is 55.0 Å². The Bertz CT molecular complexity index is 1260. The minimum Gasteiger partial charge on any atom is -0.472 e. The maximum absolute atomic E-state index is 14.1. The zero-order valence-electron chi connectivity index (χ0n) is 23.9. The first-order valence-electron chi connectivity index (χ1n) is 14.5. The third-order valence-electron chi connectivity index (χ3n) is 8.10. The summed E-state index contributed by atoms with van der Waals surface area (Å²) >= 11 is 0. The van der Waals surface area contributed by atoms with Gasteiger partial charge in [-0.1, -0.05) is 39.0 Å². The van der Waals surface area contributed by atoms with Gasteiger partial charge in [0.1, 0.15) is 24.3 Å². The van der Waals surface area contributed by atoms with Gasteiger partial charge < -0.3 is 34.7 Å². The molecule has 3 amide bonds. The monoisotopic (exact) mass is 566 g/mol. The number of benzene rings is 1. The molecule has 4 atom stereocenters. The van der Waals surface area contributed by atoms with Crippen LogP contribution in [0.1, 0.15) is 59.3 Å². The second-order valence-corrected chi connectivity index (χ2v) is 12.2. The molecule has 12 heteroatoms. The maximum atomic E-state index is 14.1. The lowest BCUT2D eigenvalue weighted by Crippen LogP contribution is -2.59. The van der Waals surface area contributed by atoms with Crippen molar-refractivity contribution in [3.05, 3.63) is 36.5 Å². The Morgan fingerprint density at radius 2 is 1.88 bits per heavy atom. The van der Waals surface area contributed by atoms with E-state index in [0.717, 1.165) is 36.5 Å². The number of carbonyl (C=O) groups is 3. The van der Waals surface area contributed by atoms with Crippen LogP contribution in [0.15, 0.2) is 36.5 Å². The number of alkyl carbamates (subject to hydrolysis) is 1. The van der Waals surface area contributed by atoms with Crippen molar-refractivity contribution in [2.75, 3.05) is 13.2 Å². The molecule has 0 radical (unpaired) electrons. The molecular formula is C29H39BN4O7. The summed E-state index contributed by atoms with van der Waals surface area (Å²) in [5.74, 6) is -0.962. The lowest BCUT2D eigenvalue weighted by Gasteiger charge is -2.35. The lowest BCUT2D eigenvalue weighted by atomic mass is 9.80. The van der Waals surface area contributed by atoms with E-state index in [2.05, 4.69) is 15.6 Å². The Morgan fingerprint density at radius 1 is 1.12 bits per heavy atom. The molecule has 0 spiro atoms. The molecule has 41 heavy (non-hydrogen) atoms. The number of hydrogen-bond acceptors (Lipinski definition) is 8. The van der Waals surface area contributed by atoms with Crippen molar-refractivity contribution in [2.24, 2.45) is 5.41 Å². The van der Waals surface area contributed by atoms with E-state index in [-0.39, 0.29) is 19.1 Å². The van der Waals surface area contributed by atoms with Crippen LogP contribution in [0, 0.1) is 5.41 Å². The number of rotatable bonds is 7. The van der Waals surface area contributed by atoms with E-state index in [1.165, 1.54) is 4.90 Å². The molecule has 11 nitrogen and oxygen atoms in total. The number of pyridine rings is 1. The van der Waals surface area contributed by atoms with Gasteiger partial charge in [-0.3, -0.25) is 9.59 Å². The lowest BCUT2D eigenvalue weighted by molar-refractivity contribution is -0.142. The quantitative estimate of drug-likeness (QED) is 0.435. The van der Waals surface area contributed by atoms with E-state index in [4.69, 9.17) is 14.1 Å². The molecule has 3 fully saturated rings. The number of ether oxygens (including phenoxy) is 2. The molecule has 1 saturated carbocycles. The van der Waals surface area contributed by atoms with Crippen LogP contribution < -0.4 is 15.4 Å². The number of fused-ring (bicyclic) bond motifs is 1. The molecule has 3 aliphatic rings. The Labute approximate surface area is 240 Å². The van der Waals surface area contributed by atoms with Crippen LogP contribution in [0.5, 0.6) is 5.88 Å². The fourth-order valence-corrected chi connectivity index (χ4v) is 5.84. The molecule has 2 aliphatic heterocycles. The van der Waals surface area contributed by atoms with Crippen molar-refractivity contribution in [1.29, 1.82) is 0 Å². The van der Waals surface area contributed by atoms with Gasteiger partial charge in [0.15, 0.2) is 0 Å². The second kappa shape index (κ2) is 12.2. The normalized spacial score (nSPS) is 24.0. The van der Waals surface area contributed by atoms with E-state index in [1.807, 2.05) is 51.1 Å². The average Bonchev–Trinajstić information content (AvgIpc) is 3.69. The zero-order chi connectivity index (χ0) is 29.1. The van der Waals surface area contributed by atoms with Gasteiger partial charge in [0.2, 0.25) is 17.7 Å². The van der Waals surface area contributed by atoms with Crippen molar-refractivity contribution < 1.29 is 33.5 Å². The summed E-state index contributed by atoms with van der Waals surface area (Å²) in [6, 6.07) is 7.77. The van der Waals surface area contributed by atoms with Crippen molar-refractivity contribution in [3.63, 3.8) is 0 Å². The molecule has 220 valence electrons. The minimum absolute atomic E-state index is 0.122. The van der Waals surface area contributed by atoms with Crippen molar-refractivity contribution in [1.82, 2.24) is 20.5 Å². The summed E-state index contributed by atoms with van der Waals surface area (Å²) in [5.41, 5.74) is -0.668. The highest BCUT2D eigenvalue weighted by Crippen LogP contribution is 2.31. The third kappa shape index (κ3) is 6.75. The number of aromatic nitrogens is 1. The first-order valence-corrected chi connectivity index (χ1v) is 14.5. The SMILES string of the molecule is CC(C)(C)[C@@H](NC(=O)OC1CCCC1)C(=O)N1C[C@H](Oc2nccc3ccccc23)C[C@H]1C(=O)N[C@H]1CCOB1O. The predicted octanol–water partition coefficient (Wildman–Crippen LogP) is 2.59. The van der Waals surface area contributed by atoms with Crippen molar-refractivity contribution >= 4 is 35.8 Å². The van der Waals surface area contributed by atoms with Gasteiger partial charge in [-0.2, -0.15) is 0 Å². The average molecular weight is 566 g/mol. The van der Waals surface area contributed by atoms with Crippen LogP contribution in [-0.4, -0.2) is 83.3 Å². The van der Waals surface area contributed by atoms with Crippen LogP contribution in [0.2, 0.25) is 0 Å². The Kier molecular flexibility index (Phi) is 8.70. The van der Waals surface area contributed by atoms with E-state index in [1.54, 1.807) is 6.20 Å².